The largest absolute Gasteiger partial charge is 0.372 e. The lowest BCUT2D eigenvalue weighted by Crippen LogP contribution is -2.25. The molecule has 1 aliphatic heterocycles. The fourth-order valence-electron chi connectivity index (χ4n) is 3.46. The van der Waals surface area contributed by atoms with E-state index in [2.05, 4.69) is 61.1 Å². The Labute approximate surface area is 190 Å². The number of nitrogens with two attached hydrogens (primary N) is 1. The van der Waals surface area contributed by atoms with Crippen molar-refractivity contribution in [3.05, 3.63) is 41.0 Å². The zero-order chi connectivity index (χ0) is 21.1. The number of nitrogens with one attached hydrogen (secondary N) is 1. The molecular formula is C20H17IN6O2S. The minimum atomic E-state index is -0.267. The normalized spacial score (nSPS) is 12.5. The minimum Gasteiger partial charge on any atom is -0.372 e. The number of nitrogen functional groups attached to an aromatic ring is 1. The third kappa shape index (κ3) is 4.19. The molecule has 8 nitrogen and oxygen atoms in total. The molecule has 0 radical (unpaired) electrons. The number of nitrogens with zero attached hydrogens (tertiary/aromatic N) is 4. The zero-order valence-electron chi connectivity index (χ0n) is 15.8. The lowest BCUT2D eigenvalue weighted by molar-refractivity contribution is -0.118. The average molecular weight is 532 g/mol. The fourth-order valence-corrected chi connectivity index (χ4v) is 4.73. The molecule has 10 heteroatoms. The summed E-state index contributed by atoms with van der Waals surface area (Å²) in [6, 6.07) is 10.2. The number of hydrogen-bond acceptors (Lipinski definition) is 8. The van der Waals surface area contributed by atoms with Crippen LogP contribution in [0, 0.1) is 11.3 Å². The van der Waals surface area contributed by atoms with Gasteiger partial charge < -0.3 is 15.8 Å². The molecule has 152 valence electrons. The summed E-state index contributed by atoms with van der Waals surface area (Å²) in [6.07, 6.45) is 0. The van der Waals surface area contributed by atoms with E-state index in [-0.39, 0.29) is 24.2 Å². The highest BCUT2D eigenvalue weighted by atomic mass is 127. The standard InChI is InChI=1S/C20H17IN6O2S/c21-7-12-6-13-9-29-8-11-2-1-3-14(16(11)13)17(12)18-25-19(23)27-20(26-18)30-10-15(28)24-5-4-22/h1-3,6H,5,7-10H2,(H,24,28)(H2,23,25,26,27). The van der Waals surface area contributed by atoms with Crippen LogP contribution < -0.4 is 11.1 Å². The number of halogens is 1. The van der Waals surface area contributed by atoms with Crippen molar-refractivity contribution in [2.24, 2.45) is 0 Å². The van der Waals surface area contributed by atoms with Gasteiger partial charge in [-0.3, -0.25) is 4.79 Å². The number of carbonyl (C=O) groups is 1. The van der Waals surface area contributed by atoms with Crippen LogP contribution in [0.4, 0.5) is 5.95 Å². The molecule has 30 heavy (non-hydrogen) atoms. The number of alkyl halides is 1. The predicted molar refractivity (Wildman–Crippen MR) is 123 cm³/mol. The monoisotopic (exact) mass is 532 g/mol. The number of hydrogen-bond donors (Lipinski definition) is 2. The van der Waals surface area contributed by atoms with E-state index >= 15 is 0 Å². The Kier molecular flexibility index (Phi) is 6.31. The van der Waals surface area contributed by atoms with Crippen LogP contribution in [0.2, 0.25) is 0 Å². The van der Waals surface area contributed by atoms with E-state index in [9.17, 15) is 4.79 Å². The fraction of sp³-hybridized carbons (Fsp3) is 0.250. The van der Waals surface area contributed by atoms with E-state index in [1.807, 2.05) is 12.1 Å². The van der Waals surface area contributed by atoms with E-state index in [1.54, 1.807) is 0 Å². The Bertz CT molecular complexity index is 1180. The summed E-state index contributed by atoms with van der Waals surface area (Å²) in [5, 5.41) is 13.7. The summed E-state index contributed by atoms with van der Waals surface area (Å²) < 4.78 is 6.50. The van der Waals surface area contributed by atoms with Gasteiger partial charge in [0.15, 0.2) is 11.0 Å². The van der Waals surface area contributed by atoms with E-state index in [0.717, 1.165) is 43.8 Å². The molecule has 0 atom stereocenters. The molecule has 3 N–H and O–H groups in total. The van der Waals surface area contributed by atoms with Crippen LogP contribution >= 0.6 is 34.4 Å². The smallest absolute Gasteiger partial charge is 0.231 e. The number of thioether (sulfide) groups is 1. The highest BCUT2D eigenvalue weighted by molar-refractivity contribution is 14.1. The zero-order valence-corrected chi connectivity index (χ0v) is 18.8. The van der Waals surface area contributed by atoms with Gasteiger partial charge in [0.05, 0.1) is 25.0 Å². The first-order chi connectivity index (χ1) is 14.6. The molecule has 0 bridgehead atoms. The van der Waals surface area contributed by atoms with Gasteiger partial charge in [0.2, 0.25) is 11.9 Å². The molecule has 0 saturated carbocycles. The summed E-state index contributed by atoms with van der Waals surface area (Å²) in [6.45, 7) is 1.12. The quantitative estimate of drug-likeness (QED) is 0.215. The highest BCUT2D eigenvalue weighted by Crippen LogP contribution is 2.38. The maximum Gasteiger partial charge on any atom is 0.231 e. The van der Waals surface area contributed by atoms with E-state index in [1.165, 1.54) is 5.39 Å². The molecule has 1 amide bonds. The van der Waals surface area contributed by atoms with Gasteiger partial charge in [-0.2, -0.15) is 15.2 Å². The molecular weight excluding hydrogens is 515 g/mol. The van der Waals surface area contributed by atoms with Gasteiger partial charge in [0, 0.05) is 9.99 Å². The number of carbonyl (C=O) groups excluding carboxylic acids is 1. The molecule has 0 spiro atoms. The summed E-state index contributed by atoms with van der Waals surface area (Å²) in [5.41, 5.74) is 10.3. The van der Waals surface area contributed by atoms with Crippen molar-refractivity contribution >= 4 is 57.0 Å². The number of nitriles is 1. The third-order valence-corrected chi connectivity index (χ3v) is 6.29. The summed E-state index contributed by atoms with van der Waals surface area (Å²) in [4.78, 5) is 25.0. The van der Waals surface area contributed by atoms with Crippen molar-refractivity contribution in [3.8, 4) is 17.5 Å². The molecule has 4 rings (SSSR count). The third-order valence-electron chi connectivity index (χ3n) is 4.62. The van der Waals surface area contributed by atoms with Crippen molar-refractivity contribution in [2.75, 3.05) is 18.0 Å². The van der Waals surface area contributed by atoms with Crippen molar-refractivity contribution in [2.45, 2.75) is 22.8 Å². The SMILES string of the molecule is N#CCNC(=O)CSc1nc(N)nc(-c2c(CI)cc3c4c(cccc24)COC3)n1. The molecule has 0 aliphatic carbocycles. The second kappa shape index (κ2) is 9.11. The molecule has 0 fully saturated rings. The summed E-state index contributed by atoms with van der Waals surface area (Å²) in [5.74, 6) is 0.411. The molecule has 2 aromatic carbocycles. The van der Waals surface area contributed by atoms with Crippen LogP contribution in [0.15, 0.2) is 29.4 Å². The maximum atomic E-state index is 11.8. The number of ether oxygens (including phenoxy) is 1. The Hall–Kier alpha value is -2.49. The Balaban J connectivity index is 1.78. The average Bonchev–Trinajstić information content (AvgIpc) is 2.76. The van der Waals surface area contributed by atoms with Crippen molar-refractivity contribution < 1.29 is 9.53 Å². The molecule has 1 aliphatic rings. The van der Waals surface area contributed by atoms with E-state index < -0.39 is 0 Å². The first-order valence-corrected chi connectivity index (χ1v) is 11.6. The first-order valence-electron chi connectivity index (χ1n) is 9.09. The van der Waals surface area contributed by atoms with Crippen LogP contribution in [0.25, 0.3) is 22.2 Å². The molecule has 2 heterocycles. The van der Waals surface area contributed by atoms with Crippen LogP contribution in [-0.2, 0) is 27.2 Å². The van der Waals surface area contributed by atoms with E-state index in [4.69, 9.17) is 15.7 Å². The summed E-state index contributed by atoms with van der Waals surface area (Å²) >= 11 is 3.48. The van der Waals surface area contributed by atoms with Crippen LogP contribution in [0.5, 0.6) is 0 Å². The molecule has 0 saturated heterocycles. The van der Waals surface area contributed by atoms with Gasteiger partial charge in [-0.1, -0.05) is 58.6 Å². The molecule has 0 unspecified atom stereocenters. The minimum absolute atomic E-state index is 0.0343. The second-order valence-corrected chi connectivity index (χ2v) is 8.26. The topological polar surface area (TPSA) is 127 Å². The van der Waals surface area contributed by atoms with E-state index in [0.29, 0.717) is 24.2 Å². The number of aromatic nitrogens is 3. The van der Waals surface area contributed by atoms with Crippen molar-refractivity contribution in [1.29, 1.82) is 5.26 Å². The van der Waals surface area contributed by atoms with Gasteiger partial charge in [0.25, 0.3) is 0 Å². The van der Waals surface area contributed by atoms with Gasteiger partial charge in [0.1, 0.15) is 6.54 Å². The van der Waals surface area contributed by atoms with Gasteiger partial charge in [-0.05, 0) is 27.5 Å². The second-order valence-electron chi connectivity index (χ2n) is 6.56. The lowest BCUT2D eigenvalue weighted by atomic mass is 9.91. The summed E-state index contributed by atoms with van der Waals surface area (Å²) in [7, 11) is 0. The number of benzene rings is 2. The van der Waals surface area contributed by atoms with Gasteiger partial charge in [-0.15, -0.1) is 0 Å². The molecule has 1 aromatic heterocycles. The number of anilines is 1. The first kappa shape index (κ1) is 20.8. The Morgan fingerprint density at radius 1 is 1.30 bits per heavy atom. The van der Waals surface area contributed by atoms with Crippen molar-refractivity contribution in [1.82, 2.24) is 20.3 Å². The van der Waals surface area contributed by atoms with Crippen LogP contribution in [0.3, 0.4) is 0 Å². The van der Waals surface area contributed by atoms with Gasteiger partial charge >= 0.3 is 0 Å². The lowest BCUT2D eigenvalue weighted by Gasteiger charge is -2.21. The number of rotatable bonds is 6. The highest BCUT2D eigenvalue weighted by Gasteiger charge is 2.21. The van der Waals surface area contributed by atoms with Crippen molar-refractivity contribution in [3.63, 3.8) is 0 Å². The number of amides is 1. The maximum absolute atomic E-state index is 11.8. The van der Waals surface area contributed by atoms with Crippen LogP contribution in [0.1, 0.15) is 16.7 Å². The Morgan fingerprint density at radius 3 is 2.93 bits per heavy atom. The molecule has 3 aromatic rings. The Morgan fingerprint density at radius 2 is 2.13 bits per heavy atom. The van der Waals surface area contributed by atoms with Gasteiger partial charge in [-0.25, -0.2) is 4.98 Å². The van der Waals surface area contributed by atoms with Crippen LogP contribution in [-0.4, -0.2) is 33.2 Å². The predicted octanol–water partition coefficient (Wildman–Crippen LogP) is 2.97.